The quantitative estimate of drug-likeness (QED) is 0.568. The molecule has 0 amide bonds. The number of hydrogen-bond acceptors (Lipinski definition) is 3. The van der Waals surface area contributed by atoms with Gasteiger partial charge in [-0.2, -0.15) is 0 Å². The van der Waals surface area contributed by atoms with Crippen molar-refractivity contribution in [2.24, 2.45) is 0 Å². The van der Waals surface area contributed by atoms with Crippen molar-refractivity contribution in [3.8, 4) is 0 Å². The van der Waals surface area contributed by atoms with E-state index in [1.165, 1.54) is 0 Å². The van der Waals surface area contributed by atoms with Gasteiger partial charge in [0.25, 0.3) is 0 Å². The monoisotopic (exact) mass is 253 g/mol. The fraction of sp³-hybridized carbons (Fsp3) is 0.417. The standard InChI is InChI=1S/C12H16NO3P/c1-4-15-17(14,16-5-2)10-11-8-6-7-9-12(11)13-3/h6-9H,4-5,10H2,1-2H3. The second-order valence-corrected chi connectivity index (χ2v) is 5.40. The molecule has 0 radical (unpaired) electrons. The fourth-order valence-corrected chi connectivity index (χ4v) is 3.21. The third-order valence-corrected chi connectivity index (χ3v) is 4.16. The molecular formula is C12H16NO3P. The van der Waals surface area contributed by atoms with E-state index in [-0.39, 0.29) is 6.16 Å². The van der Waals surface area contributed by atoms with Gasteiger partial charge in [0.15, 0.2) is 5.69 Å². The van der Waals surface area contributed by atoms with Crippen LogP contribution in [0.2, 0.25) is 0 Å². The molecule has 0 aliphatic carbocycles. The van der Waals surface area contributed by atoms with Crippen molar-refractivity contribution in [3.05, 3.63) is 41.2 Å². The number of hydrogen-bond donors (Lipinski definition) is 0. The second-order valence-electron chi connectivity index (χ2n) is 3.35. The van der Waals surface area contributed by atoms with E-state index in [1.54, 1.807) is 32.0 Å². The summed E-state index contributed by atoms with van der Waals surface area (Å²) >= 11 is 0. The largest absolute Gasteiger partial charge is 0.333 e. The molecule has 0 spiro atoms. The van der Waals surface area contributed by atoms with Gasteiger partial charge in [-0.1, -0.05) is 24.3 Å². The van der Waals surface area contributed by atoms with Gasteiger partial charge < -0.3 is 9.05 Å². The van der Waals surface area contributed by atoms with Crippen molar-refractivity contribution in [1.29, 1.82) is 0 Å². The highest BCUT2D eigenvalue weighted by Crippen LogP contribution is 2.52. The molecule has 0 aliphatic rings. The zero-order valence-electron chi connectivity index (χ0n) is 10.0. The smallest absolute Gasteiger partial charge is 0.309 e. The van der Waals surface area contributed by atoms with E-state index < -0.39 is 7.60 Å². The molecule has 17 heavy (non-hydrogen) atoms. The summed E-state index contributed by atoms with van der Waals surface area (Å²) in [6, 6.07) is 7.07. The van der Waals surface area contributed by atoms with Crippen LogP contribution in [0.1, 0.15) is 19.4 Å². The summed E-state index contributed by atoms with van der Waals surface area (Å²) in [5.74, 6) is 0. The van der Waals surface area contributed by atoms with Crippen molar-refractivity contribution in [3.63, 3.8) is 0 Å². The molecule has 4 nitrogen and oxygen atoms in total. The molecule has 0 aromatic heterocycles. The predicted octanol–water partition coefficient (Wildman–Crippen LogP) is 4.00. The van der Waals surface area contributed by atoms with E-state index >= 15 is 0 Å². The van der Waals surface area contributed by atoms with Gasteiger partial charge in [-0.15, -0.1) is 0 Å². The van der Waals surface area contributed by atoms with E-state index in [2.05, 4.69) is 4.85 Å². The first-order valence-corrected chi connectivity index (χ1v) is 7.21. The molecule has 1 aromatic carbocycles. The molecule has 0 N–H and O–H groups in total. The summed E-state index contributed by atoms with van der Waals surface area (Å²) in [7, 11) is -3.12. The van der Waals surface area contributed by atoms with Crippen LogP contribution in [0, 0.1) is 6.57 Å². The summed E-state index contributed by atoms with van der Waals surface area (Å²) < 4.78 is 22.7. The Morgan fingerprint density at radius 3 is 2.35 bits per heavy atom. The van der Waals surface area contributed by atoms with E-state index in [9.17, 15) is 4.57 Å². The maximum absolute atomic E-state index is 12.3. The predicted molar refractivity (Wildman–Crippen MR) is 67.3 cm³/mol. The van der Waals surface area contributed by atoms with Crippen molar-refractivity contribution >= 4 is 13.3 Å². The minimum atomic E-state index is -3.12. The van der Waals surface area contributed by atoms with Gasteiger partial charge in [-0.3, -0.25) is 4.57 Å². The Hall–Kier alpha value is -1.14. The fourth-order valence-electron chi connectivity index (χ4n) is 1.48. The minimum Gasteiger partial charge on any atom is -0.309 e. The van der Waals surface area contributed by atoms with Crippen LogP contribution in [0.15, 0.2) is 24.3 Å². The molecule has 0 bridgehead atoms. The summed E-state index contributed by atoms with van der Waals surface area (Å²) in [6.45, 7) is 11.3. The first-order chi connectivity index (χ1) is 8.15. The molecule has 0 fully saturated rings. The molecule has 5 heteroatoms. The molecule has 0 saturated carbocycles. The summed E-state index contributed by atoms with van der Waals surface area (Å²) in [6.07, 6.45) is 0.146. The molecule has 1 aromatic rings. The Balaban J connectivity index is 2.94. The number of rotatable bonds is 6. The lowest BCUT2D eigenvalue weighted by atomic mass is 10.2. The molecule has 0 aliphatic heterocycles. The van der Waals surface area contributed by atoms with E-state index in [0.29, 0.717) is 24.5 Å². The van der Waals surface area contributed by atoms with Gasteiger partial charge in [-0.25, -0.2) is 4.85 Å². The van der Waals surface area contributed by atoms with Crippen LogP contribution >= 0.6 is 7.60 Å². The third kappa shape index (κ3) is 3.98. The summed E-state index contributed by atoms with van der Waals surface area (Å²) in [4.78, 5) is 3.39. The number of nitrogens with zero attached hydrogens (tertiary/aromatic N) is 1. The normalized spacial score (nSPS) is 11.1. The van der Waals surface area contributed by atoms with Crippen LogP contribution in [0.3, 0.4) is 0 Å². The SMILES string of the molecule is [C-]#[N+]c1ccccc1CP(=O)(OCC)OCC. The zero-order valence-corrected chi connectivity index (χ0v) is 10.9. The highest BCUT2D eigenvalue weighted by molar-refractivity contribution is 7.53. The lowest BCUT2D eigenvalue weighted by molar-refractivity contribution is 0.219. The molecule has 92 valence electrons. The summed E-state index contributed by atoms with van der Waals surface area (Å²) in [5.41, 5.74) is 1.19. The minimum absolute atomic E-state index is 0.146. The molecule has 0 saturated heterocycles. The Kier molecular flexibility index (Phi) is 5.37. The Morgan fingerprint density at radius 2 is 1.82 bits per heavy atom. The Morgan fingerprint density at radius 1 is 1.24 bits per heavy atom. The van der Waals surface area contributed by atoms with Gasteiger partial charge in [0.05, 0.1) is 25.9 Å². The second kappa shape index (κ2) is 6.56. The molecule has 1 rings (SSSR count). The number of para-hydroxylation sites is 1. The first-order valence-electron chi connectivity index (χ1n) is 5.48. The lowest BCUT2D eigenvalue weighted by Gasteiger charge is -2.17. The van der Waals surface area contributed by atoms with Crippen molar-refractivity contribution in [2.45, 2.75) is 20.0 Å². The average molecular weight is 253 g/mol. The zero-order chi connectivity index (χ0) is 12.7. The van der Waals surface area contributed by atoms with Gasteiger partial charge >= 0.3 is 7.60 Å². The number of benzene rings is 1. The molecule has 0 heterocycles. The highest BCUT2D eigenvalue weighted by Gasteiger charge is 2.25. The van der Waals surface area contributed by atoms with E-state index in [4.69, 9.17) is 15.6 Å². The van der Waals surface area contributed by atoms with Gasteiger partial charge in [0.1, 0.15) is 0 Å². The Bertz CT molecular complexity index is 443. The first kappa shape index (κ1) is 13.9. The molecular weight excluding hydrogens is 237 g/mol. The molecule has 0 atom stereocenters. The van der Waals surface area contributed by atoms with Gasteiger partial charge in [-0.05, 0) is 19.4 Å². The maximum atomic E-state index is 12.3. The van der Waals surface area contributed by atoms with Crippen LogP contribution in [0.4, 0.5) is 5.69 Å². The summed E-state index contributed by atoms with van der Waals surface area (Å²) in [5, 5.41) is 0. The highest BCUT2D eigenvalue weighted by atomic mass is 31.2. The maximum Gasteiger partial charge on any atom is 0.333 e. The van der Waals surface area contributed by atoms with Gasteiger partial charge in [0, 0.05) is 0 Å². The van der Waals surface area contributed by atoms with Crippen molar-refractivity contribution in [1.82, 2.24) is 0 Å². The van der Waals surface area contributed by atoms with Crippen LogP contribution in [0.25, 0.3) is 4.85 Å². The van der Waals surface area contributed by atoms with Crippen molar-refractivity contribution in [2.75, 3.05) is 13.2 Å². The van der Waals surface area contributed by atoms with E-state index in [0.717, 1.165) is 0 Å². The van der Waals surface area contributed by atoms with Crippen LogP contribution < -0.4 is 0 Å². The Labute approximate surface area is 102 Å². The van der Waals surface area contributed by atoms with Crippen LogP contribution in [-0.2, 0) is 19.8 Å². The third-order valence-electron chi connectivity index (χ3n) is 2.13. The van der Waals surface area contributed by atoms with Crippen LogP contribution in [0.5, 0.6) is 0 Å². The van der Waals surface area contributed by atoms with E-state index in [1.807, 2.05) is 6.07 Å². The van der Waals surface area contributed by atoms with Crippen molar-refractivity contribution < 1.29 is 13.6 Å². The lowest BCUT2D eigenvalue weighted by Crippen LogP contribution is -1.99. The topological polar surface area (TPSA) is 39.9 Å². The van der Waals surface area contributed by atoms with Gasteiger partial charge in [0.2, 0.25) is 0 Å². The average Bonchev–Trinajstić information content (AvgIpc) is 2.30. The molecule has 0 unspecified atom stereocenters. The van der Waals surface area contributed by atoms with Crippen LogP contribution in [-0.4, -0.2) is 13.2 Å².